The average molecular weight is 411 g/mol. The van der Waals surface area contributed by atoms with Crippen LogP contribution in [0.3, 0.4) is 0 Å². The molecule has 1 nitrogen and oxygen atoms in total. The number of aryl methyl sites for hydroxylation is 1. The zero-order valence-electron chi connectivity index (χ0n) is 19.8. The highest BCUT2D eigenvalue weighted by molar-refractivity contribution is 5.59. The van der Waals surface area contributed by atoms with Crippen molar-refractivity contribution >= 4 is 6.29 Å². The number of rotatable bonds is 11. The minimum absolute atomic E-state index is 0.0137. The molecule has 1 heteroatoms. The molecule has 0 N–H and O–H groups in total. The van der Waals surface area contributed by atoms with Gasteiger partial charge in [0.1, 0.15) is 6.29 Å². The quantitative estimate of drug-likeness (QED) is 0.263. The van der Waals surface area contributed by atoms with Crippen LogP contribution in [0, 0.1) is 17.3 Å². The van der Waals surface area contributed by atoms with E-state index in [-0.39, 0.29) is 5.41 Å². The predicted molar refractivity (Wildman–Crippen MR) is 129 cm³/mol. The third kappa shape index (κ3) is 6.69. The van der Waals surface area contributed by atoms with Gasteiger partial charge < -0.3 is 4.79 Å². The van der Waals surface area contributed by atoms with Gasteiger partial charge in [0, 0.05) is 5.41 Å². The van der Waals surface area contributed by atoms with Gasteiger partial charge in [-0.25, -0.2) is 0 Å². The summed E-state index contributed by atoms with van der Waals surface area (Å²) in [6.07, 6.45) is 22.2. The average Bonchev–Trinajstić information content (AvgIpc) is 2.80. The summed E-state index contributed by atoms with van der Waals surface area (Å²) in [6, 6.07) is 9.55. The van der Waals surface area contributed by atoms with Gasteiger partial charge in [-0.05, 0) is 73.8 Å². The molecule has 2 aliphatic rings. The van der Waals surface area contributed by atoms with Crippen LogP contribution in [0.15, 0.2) is 24.3 Å². The molecule has 1 aromatic carbocycles. The minimum atomic E-state index is -0.0137. The molecule has 3 rings (SSSR count). The molecule has 0 aromatic heterocycles. The molecule has 1 aromatic rings. The molecule has 168 valence electrons. The second-order valence-electron chi connectivity index (χ2n) is 10.7. The highest BCUT2D eigenvalue weighted by atomic mass is 16.1. The third-order valence-corrected chi connectivity index (χ3v) is 8.45. The Hall–Kier alpha value is -1.11. The number of benzene rings is 1. The molecule has 2 aliphatic carbocycles. The fourth-order valence-electron chi connectivity index (χ4n) is 6.27. The fraction of sp³-hybridized carbons (Fsp3) is 0.759. The molecule has 0 heterocycles. The summed E-state index contributed by atoms with van der Waals surface area (Å²) in [5.41, 5.74) is 3.01. The standard InChI is InChI=1S/C29H46O/c1-3-5-6-7-24-8-10-25(11-9-24)12-13-26-14-16-27(17-15-26)28-18-21-29(23-30,20-4-2)22-19-28/h14-17,23-25,28H,3-13,18-22H2,1-2H3. The molecule has 0 unspecified atom stereocenters. The molecule has 2 saturated carbocycles. The minimum Gasteiger partial charge on any atom is -0.303 e. The van der Waals surface area contributed by atoms with Gasteiger partial charge in [0.05, 0.1) is 0 Å². The summed E-state index contributed by atoms with van der Waals surface area (Å²) in [4.78, 5) is 11.6. The highest BCUT2D eigenvalue weighted by Crippen LogP contribution is 2.44. The summed E-state index contributed by atoms with van der Waals surface area (Å²) in [5, 5.41) is 0. The number of aldehydes is 1. The zero-order chi connectivity index (χ0) is 21.2. The van der Waals surface area contributed by atoms with Gasteiger partial charge in [0.25, 0.3) is 0 Å². The van der Waals surface area contributed by atoms with Crippen LogP contribution < -0.4 is 0 Å². The van der Waals surface area contributed by atoms with Crippen molar-refractivity contribution in [2.75, 3.05) is 0 Å². The van der Waals surface area contributed by atoms with E-state index in [1.54, 1.807) is 0 Å². The van der Waals surface area contributed by atoms with Gasteiger partial charge in [-0.15, -0.1) is 0 Å². The van der Waals surface area contributed by atoms with Crippen molar-refractivity contribution in [2.45, 2.75) is 122 Å². The van der Waals surface area contributed by atoms with E-state index in [1.807, 2.05) is 0 Å². The molecule has 30 heavy (non-hydrogen) atoms. The van der Waals surface area contributed by atoms with Crippen LogP contribution in [0.25, 0.3) is 0 Å². The van der Waals surface area contributed by atoms with E-state index in [0.717, 1.165) is 37.5 Å². The van der Waals surface area contributed by atoms with Gasteiger partial charge in [0.15, 0.2) is 0 Å². The first-order valence-electron chi connectivity index (χ1n) is 13.2. The van der Waals surface area contributed by atoms with E-state index in [2.05, 4.69) is 38.1 Å². The monoisotopic (exact) mass is 410 g/mol. The van der Waals surface area contributed by atoms with Gasteiger partial charge in [-0.3, -0.25) is 0 Å². The van der Waals surface area contributed by atoms with E-state index in [4.69, 9.17) is 0 Å². The predicted octanol–water partition coefficient (Wildman–Crippen LogP) is 8.65. The van der Waals surface area contributed by atoms with Crippen molar-refractivity contribution < 1.29 is 4.79 Å². The Balaban J connectivity index is 1.39. The molecule has 0 saturated heterocycles. The van der Waals surface area contributed by atoms with E-state index in [1.165, 1.54) is 94.5 Å². The molecule has 0 aliphatic heterocycles. The normalized spacial score (nSPS) is 29.6. The molecule has 0 bridgehead atoms. The molecular formula is C29H46O. The Labute approximate surface area is 186 Å². The number of hydrogen-bond acceptors (Lipinski definition) is 1. The van der Waals surface area contributed by atoms with Crippen LogP contribution in [-0.4, -0.2) is 6.29 Å². The van der Waals surface area contributed by atoms with Gasteiger partial charge in [-0.2, -0.15) is 0 Å². The number of unbranched alkanes of at least 4 members (excludes halogenated alkanes) is 2. The number of hydrogen-bond donors (Lipinski definition) is 0. The van der Waals surface area contributed by atoms with Crippen LogP contribution in [-0.2, 0) is 11.2 Å². The molecule has 2 fully saturated rings. The molecule has 0 atom stereocenters. The van der Waals surface area contributed by atoms with Crippen molar-refractivity contribution in [1.82, 2.24) is 0 Å². The van der Waals surface area contributed by atoms with E-state index in [9.17, 15) is 4.79 Å². The van der Waals surface area contributed by atoms with Crippen LogP contribution in [0.4, 0.5) is 0 Å². The lowest BCUT2D eigenvalue weighted by molar-refractivity contribution is -0.118. The van der Waals surface area contributed by atoms with Gasteiger partial charge >= 0.3 is 0 Å². The third-order valence-electron chi connectivity index (χ3n) is 8.45. The van der Waals surface area contributed by atoms with E-state index < -0.39 is 0 Å². The largest absolute Gasteiger partial charge is 0.303 e. The van der Waals surface area contributed by atoms with Crippen molar-refractivity contribution in [3.05, 3.63) is 35.4 Å². The summed E-state index contributed by atoms with van der Waals surface area (Å²) in [6.45, 7) is 4.51. The summed E-state index contributed by atoms with van der Waals surface area (Å²) < 4.78 is 0. The maximum Gasteiger partial charge on any atom is 0.126 e. The first kappa shape index (κ1) is 23.6. The smallest absolute Gasteiger partial charge is 0.126 e. The Morgan fingerprint density at radius 2 is 1.47 bits per heavy atom. The number of carbonyl (C=O) groups excluding carboxylic acids is 1. The van der Waals surface area contributed by atoms with Gasteiger partial charge in [-0.1, -0.05) is 95.9 Å². The number of carbonyl (C=O) groups is 1. The van der Waals surface area contributed by atoms with Crippen molar-refractivity contribution in [1.29, 1.82) is 0 Å². The van der Waals surface area contributed by atoms with Crippen molar-refractivity contribution in [3.8, 4) is 0 Å². The van der Waals surface area contributed by atoms with Gasteiger partial charge in [0.2, 0.25) is 0 Å². The van der Waals surface area contributed by atoms with Crippen LogP contribution >= 0.6 is 0 Å². The molecular weight excluding hydrogens is 364 g/mol. The molecule has 0 radical (unpaired) electrons. The summed E-state index contributed by atoms with van der Waals surface area (Å²) >= 11 is 0. The van der Waals surface area contributed by atoms with Crippen LogP contribution in [0.5, 0.6) is 0 Å². The zero-order valence-corrected chi connectivity index (χ0v) is 19.8. The lowest BCUT2D eigenvalue weighted by atomic mass is 9.68. The van der Waals surface area contributed by atoms with Crippen LogP contribution in [0.1, 0.15) is 127 Å². The van der Waals surface area contributed by atoms with Crippen LogP contribution in [0.2, 0.25) is 0 Å². The highest BCUT2D eigenvalue weighted by Gasteiger charge is 2.34. The first-order valence-corrected chi connectivity index (χ1v) is 13.2. The first-order chi connectivity index (χ1) is 14.7. The maximum absolute atomic E-state index is 11.6. The Morgan fingerprint density at radius 3 is 2.03 bits per heavy atom. The van der Waals surface area contributed by atoms with Crippen molar-refractivity contribution in [3.63, 3.8) is 0 Å². The Kier molecular flexibility index (Phi) is 9.47. The van der Waals surface area contributed by atoms with E-state index in [0.29, 0.717) is 5.92 Å². The lowest BCUT2D eigenvalue weighted by Gasteiger charge is -2.36. The Morgan fingerprint density at radius 1 is 0.833 bits per heavy atom. The van der Waals surface area contributed by atoms with E-state index >= 15 is 0 Å². The molecule has 0 amide bonds. The lowest BCUT2D eigenvalue weighted by Crippen LogP contribution is -2.28. The second-order valence-corrected chi connectivity index (χ2v) is 10.7. The topological polar surface area (TPSA) is 17.1 Å². The SMILES string of the molecule is CCCCCC1CCC(CCc2ccc(C3CCC(C=O)(CCC)CC3)cc2)CC1. The fourth-order valence-corrected chi connectivity index (χ4v) is 6.27. The maximum atomic E-state index is 11.6. The molecule has 0 spiro atoms. The Bertz CT molecular complexity index is 600. The summed E-state index contributed by atoms with van der Waals surface area (Å²) in [7, 11) is 0. The summed E-state index contributed by atoms with van der Waals surface area (Å²) in [5.74, 6) is 2.64. The van der Waals surface area contributed by atoms with Crippen molar-refractivity contribution in [2.24, 2.45) is 17.3 Å². The second kappa shape index (κ2) is 12.1.